The van der Waals surface area contributed by atoms with E-state index in [4.69, 9.17) is 14.2 Å². The third-order valence-corrected chi connectivity index (χ3v) is 6.85. The van der Waals surface area contributed by atoms with Gasteiger partial charge < -0.3 is 19.2 Å². The van der Waals surface area contributed by atoms with Crippen molar-refractivity contribution in [3.63, 3.8) is 0 Å². The van der Waals surface area contributed by atoms with Gasteiger partial charge in [-0.15, -0.1) is 0 Å². The van der Waals surface area contributed by atoms with Gasteiger partial charge in [-0.1, -0.05) is 65.9 Å². The Morgan fingerprint density at radius 1 is 0.974 bits per heavy atom. The highest BCUT2D eigenvalue weighted by Gasteiger charge is 2.20. The number of carbonyl (C=O) groups is 1. The minimum atomic E-state index is -0.525. The maximum Gasteiger partial charge on any atom is 0.338 e. The predicted molar refractivity (Wildman–Crippen MR) is 146 cm³/mol. The van der Waals surface area contributed by atoms with Gasteiger partial charge in [0.25, 0.3) is 5.56 Å². The Balaban J connectivity index is 1.71. The number of hydrogen-bond donors (Lipinski definition) is 1. The SMILES string of the molecule is COC(=O)c1cc(OC)c(OC)cc1-c1ccc(-c2nc(SCc3ccc(C)cc3)[nH]c(=O)c2C#N)cc1. The van der Waals surface area contributed by atoms with E-state index in [9.17, 15) is 14.9 Å². The Bertz CT molecular complexity index is 1570. The van der Waals surface area contributed by atoms with Gasteiger partial charge >= 0.3 is 5.97 Å². The van der Waals surface area contributed by atoms with Crippen molar-refractivity contribution < 1.29 is 19.0 Å². The number of rotatable bonds is 8. The Morgan fingerprint density at radius 3 is 2.21 bits per heavy atom. The maximum atomic E-state index is 12.7. The molecule has 192 valence electrons. The molecular formula is C29H25N3O5S. The first-order valence-electron chi connectivity index (χ1n) is 11.6. The zero-order valence-electron chi connectivity index (χ0n) is 21.3. The lowest BCUT2D eigenvalue weighted by atomic mass is 9.96. The number of thioether (sulfide) groups is 1. The molecule has 0 aliphatic carbocycles. The van der Waals surface area contributed by atoms with Gasteiger partial charge in [-0.25, -0.2) is 9.78 Å². The van der Waals surface area contributed by atoms with E-state index in [1.165, 1.54) is 38.7 Å². The van der Waals surface area contributed by atoms with Crippen LogP contribution in [0.15, 0.2) is 70.6 Å². The zero-order chi connectivity index (χ0) is 27.2. The molecule has 9 heteroatoms. The Labute approximate surface area is 224 Å². The zero-order valence-corrected chi connectivity index (χ0v) is 22.1. The summed E-state index contributed by atoms with van der Waals surface area (Å²) in [5, 5.41) is 10.1. The summed E-state index contributed by atoms with van der Waals surface area (Å²) < 4.78 is 15.7. The smallest absolute Gasteiger partial charge is 0.338 e. The largest absolute Gasteiger partial charge is 0.493 e. The van der Waals surface area contributed by atoms with E-state index in [-0.39, 0.29) is 11.3 Å². The van der Waals surface area contributed by atoms with Crippen LogP contribution < -0.4 is 15.0 Å². The van der Waals surface area contributed by atoms with E-state index < -0.39 is 11.5 Å². The normalized spacial score (nSPS) is 10.5. The van der Waals surface area contributed by atoms with E-state index in [2.05, 4.69) is 9.97 Å². The lowest BCUT2D eigenvalue weighted by Gasteiger charge is -2.14. The molecule has 38 heavy (non-hydrogen) atoms. The predicted octanol–water partition coefficient (Wildman–Crippen LogP) is 5.38. The summed E-state index contributed by atoms with van der Waals surface area (Å²) in [6.07, 6.45) is 0. The second-order valence-corrected chi connectivity index (χ2v) is 9.27. The average Bonchev–Trinajstić information content (AvgIpc) is 2.95. The van der Waals surface area contributed by atoms with Crippen LogP contribution in [0.4, 0.5) is 0 Å². The molecule has 0 amide bonds. The average molecular weight is 528 g/mol. The highest BCUT2D eigenvalue weighted by atomic mass is 32.2. The first kappa shape index (κ1) is 26.5. The molecule has 0 radical (unpaired) electrons. The van der Waals surface area contributed by atoms with E-state index in [1.807, 2.05) is 37.3 Å². The fourth-order valence-corrected chi connectivity index (χ4v) is 4.69. The van der Waals surface area contributed by atoms with Crippen LogP contribution in [0.5, 0.6) is 11.5 Å². The molecule has 0 bridgehead atoms. The lowest BCUT2D eigenvalue weighted by molar-refractivity contribution is 0.0601. The van der Waals surface area contributed by atoms with Crippen LogP contribution in [0.3, 0.4) is 0 Å². The molecule has 0 unspecified atom stereocenters. The topological polar surface area (TPSA) is 114 Å². The third kappa shape index (κ3) is 5.56. The molecule has 0 saturated heterocycles. The van der Waals surface area contributed by atoms with Gasteiger partial charge in [0.1, 0.15) is 11.6 Å². The fourth-order valence-electron chi connectivity index (χ4n) is 3.87. The number of aromatic amines is 1. The molecule has 1 aromatic heterocycles. The third-order valence-electron chi connectivity index (χ3n) is 5.90. The minimum Gasteiger partial charge on any atom is -0.493 e. The van der Waals surface area contributed by atoms with Crippen LogP contribution in [0.25, 0.3) is 22.4 Å². The highest BCUT2D eigenvalue weighted by molar-refractivity contribution is 7.98. The molecule has 0 aliphatic rings. The molecule has 0 aliphatic heterocycles. The van der Waals surface area contributed by atoms with Crippen molar-refractivity contribution in [1.82, 2.24) is 9.97 Å². The summed E-state index contributed by atoms with van der Waals surface area (Å²) in [5.74, 6) is 0.944. The van der Waals surface area contributed by atoms with Crippen LogP contribution in [-0.2, 0) is 10.5 Å². The van der Waals surface area contributed by atoms with Crippen LogP contribution in [-0.4, -0.2) is 37.3 Å². The van der Waals surface area contributed by atoms with E-state index >= 15 is 0 Å². The molecule has 0 fully saturated rings. The first-order valence-corrected chi connectivity index (χ1v) is 12.5. The van der Waals surface area contributed by atoms with Crippen LogP contribution >= 0.6 is 11.8 Å². The van der Waals surface area contributed by atoms with Crippen LogP contribution in [0.1, 0.15) is 27.0 Å². The molecule has 1 heterocycles. The second kappa shape index (κ2) is 11.7. The van der Waals surface area contributed by atoms with Crippen molar-refractivity contribution in [1.29, 1.82) is 5.26 Å². The number of aromatic nitrogens is 2. The summed E-state index contributed by atoms with van der Waals surface area (Å²) in [7, 11) is 4.31. The summed E-state index contributed by atoms with van der Waals surface area (Å²) >= 11 is 1.38. The highest BCUT2D eigenvalue weighted by Crippen LogP contribution is 2.37. The number of benzene rings is 3. The van der Waals surface area contributed by atoms with Gasteiger partial charge in [0.05, 0.1) is 32.6 Å². The Morgan fingerprint density at radius 2 is 1.61 bits per heavy atom. The number of nitrogens with one attached hydrogen (secondary N) is 1. The monoisotopic (exact) mass is 527 g/mol. The summed E-state index contributed by atoms with van der Waals surface area (Å²) in [6, 6.07) is 20.4. The number of methoxy groups -OCH3 is 3. The lowest BCUT2D eigenvalue weighted by Crippen LogP contribution is -2.14. The standard InChI is InChI=1S/C29H25N3O5S/c1-17-5-7-18(8-6-17)16-38-29-31-26(23(15-30)27(33)32-29)20-11-9-19(10-12-20)21-13-24(35-2)25(36-3)14-22(21)28(34)37-4/h5-14H,16H2,1-4H3,(H,31,32,33). The second-order valence-electron chi connectivity index (χ2n) is 8.30. The first-order chi connectivity index (χ1) is 18.4. The number of esters is 1. The Kier molecular flexibility index (Phi) is 8.14. The summed E-state index contributed by atoms with van der Waals surface area (Å²) in [6.45, 7) is 2.02. The van der Waals surface area contributed by atoms with Gasteiger partial charge in [0.15, 0.2) is 16.7 Å². The van der Waals surface area contributed by atoms with Crippen molar-refractivity contribution in [3.05, 3.63) is 93.3 Å². The van der Waals surface area contributed by atoms with Crippen molar-refractivity contribution in [2.45, 2.75) is 17.8 Å². The van der Waals surface area contributed by atoms with Crippen molar-refractivity contribution in [2.24, 2.45) is 0 Å². The molecule has 0 spiro atoms. The molecule has 4 aromatic rings. The number of H-pyrrole nitrogens is 1. The molecule has 3 aromatic carbocycles. The Hall–Kier alpha value is -4.55. The number of nitrogens with zero attached hydrogens (tertiary/aromatic N) is 2. The van der Waals surface area contributed by atoms with Crippen molar-refractivity contribution in [3.8, 4) is 40.0 Å². The number of aryl methyl sites for hydroxylation is 1. The van der Waals surface area contributed by atoms with E-state index in [0.29, 0.717) is 44.7 Å². The number of nitriles is 1. The van der Waals surface area contributed by atoms with Gasteiger partial charge in [-0.3, -0.25) is 4.79 Å². The quantitative estimate of drug-likeness (QED) is 0.185. The van der Waals surface area contributed by atoms with E-state index in [0.717, 1.165) is 5.56 Å². The number of ether oxygens (including phenoxy) is 3. The fraction of sp³-hybridized carbons (Fsp3) is 0.172. The van der Waals surface area contributed by atoms with Gasteiger partial charge in [-0.05, 0) is 30.2 Å². The van der Waals surface area contributed by atoms with Crippen LogP contribution in [0, 0.1) is 18.3 Å². The number of hydrogen-bond acceptors (Lipinski definition) is 8. The van der Waals surface area contributed by atoms with Crippen molar-refractivity contribution in [2.75, 3.05) is 21.3 Å². The summed E-state index contributed by atoms with van der Waals surface area (Å²) in [5.41, 5.74) is 4.15. The molecule has 4 rings (SSSR count). The molecular weight excluding hydrogens is 502 g/mol. The summed E-state index contributed by atoms with van der Waals surface area (Å²) in [4.78, 5) is 32.5. The molecule has 8 nitrogen and oxygen atoms in total. The maximum absolute atomic E-state index is 12.7. The van der Waals surface area contributed by atoms with Crippen molar-refractivity contribution >= 4 is 17.7 Å². The molecule has 0 saturated carbocycles. The van der Waals surface area contributed by atoms with Gasteiger partial charge in [0, 0.05) is 16.9 Å². The van der Waals surface area contributed by atoms with Gasteiger partial charge in [0.2, 0.25) is 0 Å². The minimum absolute atomic E-state index is 0.0706. The molecule has 1 N–H and O–H groups in total. The molecule has 0 atom stereocenters. The van der Waals surface area contributed by atoms with Gasteiger partial charge in [-0.2, -0.15) is 5.26 Å². The van der Waals surface area contributed by atoms with E-state index in [1.54, 1.807) is 36.4 Å². The van der Waals surface area contributed by atoms with Crippen LogP contribution in [0.2, 0.25) is 0 Å². The number of carbonyl (C=O) groups excluding carboxylic acids is 1.